The highest BCUT2D eigenvalue weighted by Crippen LogP contribution is 2.11. The van der Waals surface area contributed by atoms with Crippen LogP contribution >= 0.6 is 0 Å². The quantitative estimate of drug-likeness (QED) is 0.762. The number of carbonyl (C=O) groups excluding carboxylic acids is 2. The molecular formula is C14H24N2O4. The fraction of sp³-hybridized carbons (Fsp3) is 0.786. The van der Waals surface area contributed by atoms with E-state index in [2.05, 4.69) is 5.32 Å². The number of hydrogen-bond donors (Lipinski definition) is 2. The maximum absolute atomic E-state index is 11.9. The molecule has 1 fully saturated rings. The number of nitrogens with one attached hydrogen (secondary N) is 1. The van der Waals surface area contributed by atoms with Crippen LogP contribution in [0.1, 0.15) is 46.0 Å². The van der Waals surface area contributed by atoms with Crippen molar-refractivity contribution in [3.05, 3.63) is 0 Å². The Labute approximate surface area is 119 Å². The second-order valence-electron chi connectivity index (χ2n) is 5.39. The van der Waals surface area contributed by atoms with Gasteiger partial charge in [-0.3, -0.25) is 9.59 Å². The zero-order valence-corrected chi connectivity index (χ0v) is 12.2. The molecule has 0 spiro atoms. The second kappa shape index (κ2) is 7.87. The van der Waals surface area contributed by atoms with Gasteiger partial charge in [0.05, 0.1) is 6.54 Å². The van der Waals surface area contributed by atoms with Crippen LogP contribution < -0.4 is 5.32 Å². The molecule has 2 amide bonds. The van der Waals surface area contributed by atoms with Crippen LogP contribution in [0.3, 0.4) is 0 Å². The molecule has 0 radical (unpaired) electrons. The third-order valence-electron chi connectivity index (χ3n) is 3.80. The van der Waals surface area contributed by atoms with Crippen molar-refractivity contribution in [3.63, 3.8) is 0 Å². The van der Waals surface area contributed by atoms with Crippen LogP contribution in [0.2, 0.25) is 0 Å². The summed E-state index contributed by atoms with van der Waals surface area (Å²) >= 11 is 0. The van der Waals surface area contributed by atoms with Crippen LogP contribution in [-0.2, 0) is 14.4 Å². The number of carbonyl (C=O) groups is 3. The topological polar surface area (TPSA) is 86.7 Å². The minimum absolute atomic E-state index is 0.0203. The van der Waals surface area contributed by atoms with Crippen molar-refractivity contribution in [1.29, 1.82) is 0 Å². The predicted octanol–water partition coefficient (Wildman–Crippen LogP) is 1.00. The van der Waals surface area contributed by atoms with Crippen molar-refractivity contribution in [2.75, 3.05) is 13.1 Å². The highest BCUT2D eigenvalue weighted by molar-refractivity contribution is 5.88. The fourth-order valence-corrected chi connectivity index (χ4v) is 2.28. The maximum Gasteiger partial charge on any atom is 0.326 e. The van der Waals surface area contributed by atoms with Gasteiger partial charge in [-0.05, 0) is 18.8 Å². The fourth-order valence-electron chi connectivity index (χ4n) is 2.28. The average molecular weight is 284 g/mol. The molecule has 6 nitrogen and oxygen atoms in total. The van der Waals surface area contributed by atoms with Gasteiger partial charge >= 0.3 is 5.97 Å². The van der Waals surface area contributed by atoms with Gasteiger partial charge in [0.15, 0.2) is 0 Å². The molecule has 0 aromatic rings. The van der Waals surface area contributed by atoms with E-state index in [9.17, 15) is 14.4 Å². The first-order valence-corrected chi connectivity index (χ1v) is 7.25. The van der Waals surface area contributed by atoms with E-state index < -0.39 is 17.9 Å². The summed E-state index contributed by atoms with van der Waals surface area (Å²) in [5, 5.41) is 11.7. The van der Waals surface area contributed by atoms with Gasteiger partial charge in [-0.1, -0.05) is 26.7 Å². The lowest BCUT2D eigenvalue weighted by atomic mass is 9.99. The number of hydrogen-bond acceptors (Lipinski definition) is 3. The summed E-state index contributed by atoms with van der Waals surface area (Å²) in [6, 6.07) is -0.894. The summed E-state index contributed by atoms with van der Waals surface area (Å²) in [6.07, 6.45) is 3.89. The second-order valence-corrected chi connectivity index (χ2v) is 5.39. The van der Waals surface area contributed by atoms with E-state index in [0.717, 1.165) is 19.3 Å². The Morgan fingerprint density at radius 3 is 2.65 bits per heavy atom. The molecule has 1 aliphatic heterocycles. The molecule has 2 N–H and O–H groups in total. The van der Waals surface area contributed by atoms with Gasteiger partial charge in [0, 0.05) is 13.0 Å². The van der Waals surface area contributed by atoms with Crippen LogP contribution in [0.15, 0.2) is 0 Å². The summed E-state index contributed by atoms with van der Waals surface area (Å²) in [6.45, 7) is 4.20. The summed E-state index contributed by atoms with van der Waals surface area (Å²) in [5.74, 6) is -1.59. The van der Waals surface area contributed by atoms with E-state index in [-0.39, 0.29) is 18.4 Å². The van der Waals surface area contributed by atoms with Crippen molar-refractivity contribution in [1.82, 2.24) is 10.2 Å². The van der Waals surface area contributed by atoms with E-state index in [1.165, 1.54) is 4.90 Å². The van der Waals surface area contributed by atoms with Gasteiger partial charge in [0.2, 0.25) is 11.8 Å². The normalized spacial score (nSPS) is 19.1. The summed E-state index contributed by atoms with van der Waals surface area (Å²) in [5.41, 5.74) is 0. The summed E-state index contributed by atoms with van der Waals surface area (Å²) in [4.78, 5) is 36.4. The molecule has 0 aromatic heterocycles. The standard InChI is InChI=1S/C14H24N2O4/c1-3-10(2)13(14(19)20)15-11(17)9-16-8-6-4-5-7-12(16)18/h10,13H,3-9H2,1-2H3,(H,15,17)(H,19,20). The van der Waals surface area contributed by atoms with Gasteiger partial charge in [0.1, 0.15) is 6.04 Å². The zero-order chi connectivity index (χ0) is 15.1. The van der Waals surface area contributed by atoms with Gasteiger partial charge in [-0.15, -0.1) is 0 Å². The third-order valence-corrected chi connectivity index (χ3v) is 3.80. The molecule has 2 unspecified atom stereocenters. The molecule has 1 aliphatic rings. The maximum atomic E-state index is 11.9. The number of carboxylic acids is 1. The molecule has 20 heavy (non-hydrogen) atoms. The molecule has 0 saturated carbocycles. The van der Waals surface area contributed by atoms with E-state index in [1.807, 2.05) is 6.92 Å². The van der Waals surface area contributed by atoms with Crippen molar-refractivity contribution in [2.24, 2.45) is 5.92 Å². The van der Waals surface area contributed by atoms with Crippen molar-refractivity contribution in [3.8, 4) is 0 Å². The molecule has 1 rings (SSSR count). The van der Waals surface area contributed by atoms with E-state index in [4.69, 9.17) is 5.11 Å². The molecule has 1 saturated heterocycles. The van der Waals surface area contributed by atoms with Crippen molar-refractivity contribution >= 4 is 17.8 Å². The molecule has 114 valence electrons. The van der Waals surface area contributed by atoms with Crippen LogP contribution in [0.25, 0.3) is 0 Å². The summed E-state index contributed by atoms with van der Waals surface area (Å²) in [7, 11) is 0. The lowest BCUT2D eigenvalue weighted by molar-refractivity contribution is -0.144. The predicted molar refractivity (Wildman–Crippen MR) is 74.1 cm³/mol. The monoisotopic (exact) mass is 284 g/mol. The molecule has 1 heterocycles. The smallest absolute Gasteiger partial charge is 0.326 e. The number of amides is 2. The number of carboxylic acid groups (broad SMARTS) is 1. The minimum Gasteiger partial charge on any atom is -0.480 e. The number of likely N-dealkylation sites (tertiary alicyclic amines) is 1. The summed E-state index contributed by atoms with van der Waals surface area (Å²) < 4.78 is 0. The van der Waals surface area contributed by atoms with Crippen LogP contribution in [0.5, 0.6) is 0 Å². The Morgan fingerprint density at radius 2 is 2.05 bits per heavy atom. The highest BCUT2D eigenvalue weighted by atomic mass is 16.4. The number of rotatable bonds is 6. The van der Waals surface area contributed by atoms with E-state index >= 15 is 0 Å². The Morgan fingerprint density at radius 1 is 1.35 bits per heavy atom. The Kier molecular flexibility index (Phi) is 6.48. The molecular weight excluding hydrogens is 260 g/mol. The average Bonchev–Trinajstić information content (AvgIpc) is 2.60. The van der Waals surface area contributed by atoms with Gasteiger partial charge in [-0.25, -0.2) is 4.79 Å². The number of nitrogens with zero attached hydrogens (tertiary/aromatic N) is 1. The van der Waals surface area contributed by atoms with Crippen LogP contribution in [-0.4, -0.2) is 46.9 Å². The van der Waals surface area contributed by atoms with Gasteiger partial charge < -0.3 is 15.3 Å². The molecule has 6 heteroatoms. The molecule has 0 aliphatic carbocycles. The first-order chi connectivity index (χ1) is 9.45. The third kappa shape index (κ3) is 4.83. The lowest BCUT2D eigenvalue weighted by Crippen LogP contribution is -2.49. The lowest BCUT2D eigenvalue weighted by Gasteiger charge is -2.24. The minimum atomic E-state index is -1.03. The first kappa shape index (κ1) is 16.5. The van der Waals surface area contributed by atoms with Gasteiger partial charge in [-0.2, -0.15) is 0 Å². The van der Waals surface area contributed by atoms with Crippen LogP contribution in [0.4, 0.5) is 0 Å². The Balaban J connectivity index is 2.56. The Bertz CT molecular complexity index is 370. The largest absolute Gasteiger partial charge is 0.480 e. The van der Waals surface area contributed by atoms with Gasteiger partial charge in [0.25, 0.3) is 0 Å². The molecule has 0 bridgehead atoms. The number of aliphatic carboxylic acids is 1. The van der Waals surface area contributed by atoms with E-state index in [1.54, 1.807) is 6.92 Å². The zero-order valence-electron chi connectivity index (χ0n) is 12.2. The molecule has 0 aromatic carbocycles. The highest BCUT2D eigenvalue weighted by Gasteiger charge is 2.27. The van der Waals surface area contributed by atoms with E-state index in [0.29, 0.717) is 19.4 Å². The van der Waals surface area contributed by atoms with Crippen LogP contribution in [0, 0.1) is 5.92 Å². The first-order valence-electron chi connectivity index (χ1n) is 7.25. The Hall–Kier alpha value is -1.59. The molecule has 2 atom stereocenters. The van der Waals surface area contributed by atoms with Crippen molar-refractivity contribution < 1.29 is 19.5 Å². The van der Waals surface area contributed by atoms with Crippen molar-refractivity contribution in [2.45, 2.75) is 52.0 Å². The SMILES string of the molecule is CCC(C)C(NC(=O)CN1CCCCCC1=O)C(=O)O.